The van der Waals surface area contributed by atoms with Crippen LogP contribution in [0.3, 0.4) is 0 Å². The van der Waals surface area contributed by atoms with Crippen LogP contribution in [0.15, 0.2) is 30.6 Å². The molecule has 0 radical (unpaired) electrons. The zero-order valence-electron chi connectivity index (χ0n) is 9.29. The van der Waals surface area contributed by atoms with E-state index < -0.39 is 17.4 Å². The zero-order valence-corrected chi connectivity index (χ0v) is 10.0. The van der Waals surface area contributed by atoms with Crippen LogP contribution in [0.5, 0.6) is 0 Å². The van der Waals surface area contributed by atoms with Crippen LogP contribution in [0.1, 0.15) is 12.6 Å². The van der Waals surface area contributed by atoms with Crippen molar-refractivity contribution in [3.8, 4) is 11.3 Å². The third-order valence-electron chi connectivity index (χ3n) is 2.31. The third kappa shape index (κ3) is 2.61. The lowest BCUT2D eigenvalue weighted by Crippen LogP contribution is -2.10. The van der Waals surface area contributed by atoms with Crippen molar-refractivity contribution in [1.82, 2.24) is 9.97 Å². The van der Waals surface area contributed by atoms with E-state index in [1.807, 2.05) is 0 Å². The molecule has 6 heteroatoms. The van der Waals surface area contributed by atoms with E-state index in [4.69, 9.17) is 11.6 Å². The molecular weight excluding hydrogens is 265 g/mol. The Morgan fingerprint density at radius 1 is 1.17 bits per heavy atom. The van der Waals surface area contributed by atoms with Gasteiger partial charge in [0.2, 0.25) is 0 Å². The molecule has 0 saturated carbocycles. The molecule has 2 aromatic rings. The molecule has 0 spiro atoms. The fourth-order valence-corrected chi connectivity index (χ4v) is 1.66. The summed E-state index contributed by atoms with van der Waals surface area (Å²) in [6.07, 6.45) is 2.17. The van der Waals surface area contributed by atoms with Gasteiger partial charge in [-0.15, -0.1) is 0 Å². The van der Waals surface area contributed by atoms with E-state index in [-0.39, 0.29) is 5.02 Å². The van der Waals surface area contributed by atoms with Crippen molar-refractivity contribution in [3.05, 3.63) is 47.1 Å². The predicted octanol–water partition coefficient (Wildman–Crippen LogP) is 4.05. The molecule has 0 fully saturated rings. The lowest BCUT2D eigenvalue weighted by Gasteiger charge is -2.09. The quantitative estimate of drug-likeness (QED) is 0.824. The minimum Gasteiger partial charge on any atom is -0.252 e. The molecule has 0 N–H and O–H groups in total. The molecule has 0 atom stereocenters. The summed E-state index contributed by atoms with van der Waals surface area (Å²) in [4.78, 5) is 7.48. The van der Waals surface area contributed by atoms with Gasteiger partial charge in [-0.25, -0.2) is 4.39 Å². The molecule has 1 aromatic carbocycles. The summed E-state index contributed by atoms with van der Waals surface area (Å²) in [7, 11) is 0. The van der Waals surface area contributed by atoms with Crippen molar-refractivity contribution < 1.29 is 13.2 Å². The summed E-state index contributed by atoms with van der Waals surface area (Å²) in [6, 6.07) is 3.76. The van der Waals surface area contributed by atoms with Gasteiger partial charge in [0.15, 0.2) is 0 Å². The summed E-state index contributed by atoms with van der Waals surface area (Å²) >= 11 is 5.84. The van der Waals surface area contributed by atoms with Crippen molar-refractivity contribution in [3.63, 3.8) is 0 Å². The van der Waals surface area contributed by atoms with Crippen LogP contribution in [0.4, 0.5) is 13.2 Å². The molecule has 0 unspecified atom stereocenters. The molecule has 2 nitrogen and oxygen atoms in total. The largest absolute Gasteiger partial charge is 0.288 e. The first-order valence-corrected chi connectivity index (χ1v) is 5.41. The molecule has 0 amide bonds. The molecule has 1 heterocycles. The minimum atomic E-state index is -3.04. The Kier molecular flexibility index (Phi) is 3.26. The van der Waals surface area contributed by atoms with E-state index >= 15 is 0 Å². The van der Waals surface area contributed by atoms with Gasteiger partial charge >= 0.3 is 0 Å². The Bertz CT molecular complexity index is 565. The normalized spacial score (nSPS) is 11.6. The Labute approximate surface area is 106 Å². The summed E-state index contributed by atoms with van der Waals surface area (Å²) in [5, 5.41) is 0.153. The maximum absolute atomic E-state index is 12.9. The van der Waals surface area contributed by atoms with Gasteiger partial charge in [-0.3, -0.25) is 9.97 Å². The second-order valence-electron chi connectivity index (χ2n) is 3.80. The summed E-state index contributed by atoms with van der Waals surface area (Å²) in [5.74, 6) is -3.52. The smallest absolute Gasteiger partial charge is 0.252 e. The predicted molar refractivity (Wildman–Crippen MR) is 62.0 cm³/mol. The van der Waals surface area contributed by atoms with Crippen molar-refractivity contribution in [2.75, 3.05) is 0 Å². The molecule has 0 aliphatic heterocycles. The molecule has 0 saturated heterocycles. The molecule has 0 aliphatic rings. The highest BCUT2D eigenvalue weighted by atomic mass is 35.5. The first-order chi connectivity index (χ1) is 8.38. The van der Waals surface area contributed by atoms with E-state index in [9.17, 15) is 13.2 Å². The number of hydrogen-bond donors (Lipinski definition) is 0. The van der Waals surface area contributed by atoms with Crippen LogP contribution in [-0.4, -0.2) is 9.97 Å². The molecule has 0 aliphatic carbocycles. The summed E-state index contributed by atoms with van der Waals surface area (Å²) < 4.78 is 38.7. The van der Waals surface area contributed by atoms with Gasteiger partial charge in [-0.2, -0.15) is 8.78 Å². The average molecular weight is 273 g/mol. The van der Waals surface area contributed by atoms with Gasteiger partial charge in [0, 0.05) is 12.5 Å². The van der Waals surface area contributed by atoms with Crippen LogP contribution in [0.2, 0.25) is 5.02 Å². The average Bonchev–Trinajstić information content (AvgIpc) is 2.28. The first kappa shape index (κ1) is 12.8. The topological polar surface area (TPSA) is 25.8 Å². The van der Waals surface area contributed by atoms with Gasteiger partial charge in [-0.05, 0) is 18.2 Å². The number of hydrogen-bond acceptors (Lipinski definition) is 2. The Morgan fingerprint density at radius 3 is 2.39 bits per heavy atom. The second kappa shape index (κ2) is 4.57. The van der Waals surface area contributed by atoms with Crippen LogP contribution < -0.4 is 0 Å². The van der Waals surface area contributed by atoms with Crippen LogP contribution >= 0.6 is 11.6 Å². The van der Waals surface area contributed by atoms with Crippen LogP contribution in [-0.2, 0) is 5.92 Å². The van der Waals surface area contributed by atoms with Gasteiger partial charge in [-0.1, -0.05) is 11.6 Å². The maximum atomic E-state index is 12.9. The number of nitrogens with zero attached hydrogens (tertiary/aromatic N) is 2. The fraction of sp³-hybridized carbons (Fsp3) is 0.167. The van der Waals surface area contributed by atoms with Crippen molar-refractivity contribution in [2.45, 2.75) is 12.8 Å². The van der Waals surface area contributed by atoms with Crippen LogP contribution in [0, 0.1) is 5.82 Å². The lowest BCUT2D eigenvalue weighted by molar-refractivity contribution is 0.0124. The first-order valence-electron chi connectivity index (χ1n) is 5.03. The van der Waals surface area contributed by atoms with Gasteiger partial charge < -0.3 is 0 Å². The van der Waals surface area contributed by atoms with E-state index in [2.05, 4.69) is 9.97 Å². The number of aromatic nitrogens is 2. The van der Waals surface area contributed by atoms with E-state index in [0.29, 0.717) is 11.3 Å². The van der Waals surface area contributed by atoms with Gasteiger partial charge in [0.05, 0.1) is 23.1 Å². The summed E-state index contributed by atoms with van der Waals surface area (Å²) in [6.45, 7) is 0.738. The lowest BCUT2D eigenvalue weighted by atomic mass is 10.1. The zero-order chi connectivity index (χ0) is 13.3. The number of alkyl halides is 2. The summed E-state index contributed by atoms with van der Waals surface area (Å²) in [5.41, 5.74) is 0.328. The van der Waals surface area contributed by atoms with E-state index in [0.717, 1.165) is 19.2 Å². The second-order valence-corrected chi connectivity index (χ2v) is 4.21. The SMILES string of the molecule is CC(F)(F)c1cnc(-c2ccc(F)cc2Cl)cn1. The van der Waals surface area contributed by atoms with E-state index in [1.54, 1.807) is 0 Å². The highest BCUT2D eigenvalue weighted by Gasteiger charge is 2.26. The Balaban J connectivity index is 2.41. The van der Waals surface area contributed by atoms with Crippen molar-refractivity contribution >= 4 is 11.6 Å². The molecular formula is C12H8ClF3N2. The standard InChI is InChI=1S/C12H8ClF3N2/c1-12(15,16)11-6-17-10(5-18-11)8-3-2-7(14)4-9(8)13/h2-6H,1H3. The molecule has 0 bridgehead atoms. The Morgan fingerprint density at radius 2 is 1.89 bits per heavy atom. The number of benzene rings is 1. The molecule has 1 aromatic heterocycles. The number of halogens is 4. The fourth-order valence-electron chi connectivity index (χ4n) is 1.39. The third-order valence-corrected chi connectivity index (χ3v) is 2.62. The van der Waals surface area contributed by atoms with E-state index in [1.165, 1.54) is 18.3 Å². The van der Waals surface area contributed by atoms with Gasteiger partial charge in [0.25, 0.3) is 5.92 Å². The monoisotopic (exact) mass is 272 g/mol. The molecule has 2 rings (SSSR count). The van der Waals surface area contributed by atoms with Crippen LogP contribution in [0.25, 0.3) is 11.3 Å². The Hall–Kier alpha value is -1.62. The highest BCUT2D eigenvalue weighted by Crippen LogP contribution is 2.29. The highest BCUT2D eigenvalue weighted by molar-refractivity contribution is 6.33. The van der Waals surface area contributed by atoms with Crippen molar-refractivity contribution in [2.24, 2.45) is 0 Å². The maximum Gasteiger partial charge on any atom is 0.288 e. The number of rotatable bonds is 2. The molecule has 94 valence electrons. The molecule has 18 heavy (non-hydrogen) atoms. The van der Waals surface area contributed by atoms with Crippen molar-refractivity contribution in [1.29, 1.82) is 0 Å². The minimum absolute atomic E-state index is 0.153. The van der Waals surface area contributed by atoms with Gasteiger partial charge in [0.1, 0.15) is 11.5 Å².